The van der Waals surface area contributed by atoms with Gasteiger partial charge in [-0.2, -0.15) is 5.06 Å². The molecule has 0 saturated carbocycles. The highest BCUT2D eigenvalue weighted by atomic mass is 16.7. The van der Waals surface area contributed by atoms with Gasteiger partial charge in [-0.25, -0.2) is 9.59 Å². The predicted molar refractivity (Wildman–Crippen MR) is 83.6 cm³/mol. The van der Waals surface area contributed by atoms with Crippen molar-refractivity contribution in [1.82, 2.24) is 19.1 Å². The van der Waals surface area contributed by atoms with Gasteiger partial charge in [-0.1, -0.05) is 12.2 Å². The fourth-order valence-electron chi connectivity index (χ4n) is 2.93. The van der Waals surface area contributed by atoms with E-state index in [-0.39, 0.29) is 29.9 Å². The minimum atomic E-state index is -0.390. The Labute approximate surface area is 132 Å². The molecule has 2 bridgehead atoms. The Kier molecular flexibility index (Phi) is 3.69. The third-order valence-corrected chi connectivity index (χ3v) is 4.11. The van der Waals surface area contributed by atoms with E-state index in [1.807, 2.05) is 6.08 Å². The van der Waals surface area contributed by atoms with Crippen molar-refractivity contribution in [1.29, 1.82) is 0 Å². The molecule has 1 aromatic rings. The lowest BCUT2D eigenvalue weighted by Crippen LogP contribution is -2.41. The van der Waals surface area contributed by atoms with Crippen LogP contribution in [0.15, 0.2) is 34.5 Å². The quantitative estimate of drug-likeness (QED) is 0.715. The molecule has 1 fully saturated rings. The lowest BCUT2D eigenvalue weighted by molar-refractivity contribution is -0.105. The van der Waals surface area contributed by atoms with Crippen LogP contribution in [0.3, 0.4) is 0 Å². The summed E-state index contributed by atoms with van der Waals surface area (Å²) in [4.78, 5) is 43.7. The first-order chi connectivity index (χ1) is 11.0. The Balaban J connectivity index is 2.06. The molecule has 23 heavy (non-hydrogen) atoms. The highest BCUT2D eigenvalue weighted by Crippen LogP contribution is 2.31. The van der Waals surface area contributed by atoms with Gasteiger partial charge in [-0.15, -0.1) is 6.58 Å². The van der Waals surface area contributed by atoms with E-state index >= 15 is 0 Å². The van der Waals surface area contributed by atoms with Gasteiger partial charge >= 0.3 is 11.7 Å². The van der Waals surface area contributed by atoms with Crippen molar-refractivity contribution in [3.63, 3.8) is 0 Å². The molecule has 1 unspecified atom stereocenters. The average molecular weight is 318 g/mol. The van der Waals surface area contributed by atoms with E-state index in [2.05, 4.69) is 6.58 Å². The fourth-order valence-corrected chi connectivity index (χ4v) is 2.93. The highest BCUT2D eigenvalue weighted by Gasteiger charge is 2.43. The highest BCUT2D eigenvalue weighted by molar-refractivity contribution is 5.84. The topological polar surface area (TPSA) is 76.8 Å². The molecule has 1 aromatic heterocycles. The molecule has 3 heterocycles. The monoisotopic (exact) mass is 318 g/mol. The Bertz CT molecular complexity index is 820. The van der Waals surface area contributed by atoms with Crippen LogP contribution in [-0.2, 0) is 18.9 Å². The second-order valence-corrected chi connectivity index (χ2v) is 5.57. The number of carbonyl (C=O) groups is 1. The smallest absolute Gasteiger partial charge is 0.317 e. The molecule has 8 heteroatoms. The Morgan fingerprint density at radius 1 is 1.35 bits per heavy atom. The molecule has 3 rings (SSSR count). The van der Waals surface area contributed by atoms with Crippen LogP contribution in [0.25, 0.3) is 5.57 Å². The van der Waals surface area contributed by atoms with Crippen molar-refractivity contribution < 1.29 is 9.63 Å². The van der Waals surface area contributed by atoms with Crippen LogP contribution in [0.2, 0.25) is 0 Å². The van der Waals surface area contributed by atoms with Gasteiger partial charge in [0.05, 0.1) is 18.7 Å². The van der Waals surface area contributed by atoms with Crippen molar-refractivity contribution in [3.8, 4) is 0 Å². The van der Waals surface area contributed by atoms with Gasteiger partial charge in [-0.05, 0) is 5.57 Å². The van der Waals surface area contributed by atoms with Crippen LogP contribution in [0.1, 0.15) is 5.56 Å². The number of rotatable bonds is 4. The lowest BCUT2D eigenvalue weighted by atomic mass is 9.98. The SMILES string of the molecule is C=CCON1C(=O)N2CC=C(c3cn(C)c(=O)n(C)c3=O)C1C2. The third kappa shape index (κ3) is 2.31. The molecule has 2 aliphatic heterocycles. The zero-order valence-corrected chi connectivity index (χ0v) is 13.1. The summed E-state index contributed by atoms with van der Waals surface area (Å²) in [5.41, 5.74) is 0.336. The van der Waals surface area contributed by atoms with Crippen molar-refractivity contribution in [3.05, 3.63) is 51.3 Å². The van der Waals surface area contributed by atoms with Gasteiger partial charge in [0, 0.05) is 26.8 Å². The Morgan fingerprint density at radius 2 is 2.09 bits per heavy atom. The lowest BCUT2D eigenvalue weighted by Gasteiger charge is -2.24. The van der Waals surface area contributed by atoms with E-state index in [4.69, 9.17) is 4.84 Å². The molecular weight excluding hydrogens is 300 g/mol. The van der Waals surface area contributed by atoms with Gasteiger partial charge < -0.3 is 9.47 Å². The maximum atomic E-state index is 12.5. The number of aromatic nitrogens is 2. The number of hydroxylamine groups is 2. The van der Waals surface area contributed by atoms with Crippen LogP contribution in [0.4, 0.5) is 4.79 Å². The van der Waals surface area contributed by atoms with Crippen molar-refractivity contribution >= 4 is 11.6 Å². The van der Waals surface area contributed by atoms with Crippen molar-refractivity contribution in [2.75, 3.05) is 19.7 Å². The first-order valence-electron chi connectivity index (χ1n) is 7.24. The molecule has 1 saturated heterocycles. The summed E-state index contributed by atoms with van der Waals surface area (Å²) in [5.74, 6) is 0. The average Bonchev–Trinajstić information content (AvgIpc) is 2.79. The van der Waals surface area contributed by atoms with Gasteiger partial charge in [0.2, 0.25) is 0 Å². The molecule has 122 valence electrons. The summed E-state index contributed by atoms with van der Waals surface area (Å²) >= 11 is 0. The number of aryl methyl sites for hydroxylation is 1. The first kappa shape index (κ1) is 15.3. The molecule has 8 nitrogen and oxygen atoms in total. The first-order valence-corrected chi connectivity index (χ1v) is 7.24. The van der Waals surface area contributed by atoms with E-state index in [1.54, 1.807) is 18.0 Å². The second kappa shape index (κ2) is 5.54. The van der Waals surface area contributed by atoms with Gasteiger partial charge in [-0.3, -0.25) is 14.2 Å². The van der Waals surface area contributed by atoms with E-state index in [0.29, 0.717) is 24.2 Å². The predicted octanol–water partition coefficient (Wildman–Crippen LogP) is -0.295. The molecule has 2 aliphatic rings. The molecule has 0 spiro atoms. The molecular formula is C15H18N4O4. The zero-order valence-electron chi connectivity index (χ0n) is 13.1. The molecule has 0 aliphatic carbocycles. The zero-order chi connectivity index (χ0) is 16.7. The number of hydrogen-bond acceptors (Lipinski definition) is 4. The number of fused-ring (bicyclic) bond motifs is 2. The molecule has 1 atom stereocenters. The summed E-state index contributed by atoms with van der Waals surface area (Å²) < 4.78 is 2.42. The van der Waals surface area contributed by atoms with Crippen LogP contribution < -0.4 is 11.2 Å². The number of hydrogen-bond donors (Lipinski definition) is 0. The number of nitrogens with zero attached hydrogens (tertiary/aromatic N) is 4. The number of amides is 2. The third-order valence-electron chi connectivity index (χ3n) is 4.11. The number of urea groups is 1. The van der Waals surface area contributed by atoms with Crippen LogP contribution >= 0.6 is 0 Å². The minimum Gasteiger partial charge on any atom is -0.317 e. The van der Waals surface area contributed by atoms with Crippen LogP contribution in [-0.4, -0.2) is 50.9 Å². The van der Waals surface area contributed by atoms with Gasteiger partial charge in [0.15, 0.2) is 0 Å². The maximum absolute atomic E-state index is 12.5. The van der Waals surface area contributed by atoms with Gasteiger partial charge in [0.1, 0.15) is 6.04 Å². The molecule has 0 N–H and O–H groups in total. The molecule has 0 radical (unpaired) electrons. The number of carbonyl (C=O) groups excluding carboxylic acids is 1. The molecule has 0 aromatic carbocycles. The van der Waals surface area contributed by atoms with Crippen LogP contribution in [0.5, 0.6) is 0 Å². The summed E-state index contributed by atoms with van der Waals surface area (Å²) in [6.45, 7) is 4.64. The Hall–Kier alpha value is -2.61. The van der Waals surface area contributed by atoms with Crippen molar-refractivity contribution in [2.45, 2.75) is 6.04 Å². The van der Waals surface area contributed by atoms with Crippen LogP contribution in [0, 0.1) is 0 Å². The maximum Gasteiger partial charge on any atom is 0.344 e. The van der Waals surface area contributed by atoms with Gasteiger partial charge in [0.25, 0.3) is 5.56 Å². The summed E-state index contributed by atoms with van der Waals surface area (Å²) in [7, 11) is 3.03. The largest absolute Gasteiger partial charge is 0.344 e. The van der Waals surface area contributed by atoms with Crippen molar-refractivity contribution in [2.24, 2.45) is 14.1 Å². The normalized spacial score (nSPS) is 20.0. The van der Waals surface area contributed by atoms with E-state index < -0.39 is 0 Å². The van der Waals surface area contributed by atoms with E-state index in [0.717, 1.165) is 4.57 Å². The molecule has 2 amide bonds. The summed E-state index contributed by atoms with van der Waals surface area (Å²) in [6.07, 6.45) is 4.91. The minimum absolute atomic E-state index is 0.203. The second-order valence-electron chi connectivity index (χ2n) is 5.57. The summed E-state index contributed by atoms with van der Waals surface area (Å²) in [6, 6.07) is -0.605. The van der Waals surface area contributed by atoms with E-state index in [1.165, 1.54) is 22.9 Å². The standard InChI is InChI=1S/C15H18N4O4/c1-4-7-23-19-12-9-18(15(19)22)6-5-10(12)11-8-16(2)14(21)17(3)13(11)20/h4-5,8,12H,1,6-7,9H2,2-3H3. The fraction of sp³-hybridized carbons (Fsp3) is 0.400. The Morgan fingerprint density at radius 3 is 2.78 bits per heavy atom. The van der Waals surface area contributed by atoms with E-state index in [9.17, 15) is 14.4 Å². The summed E-state index contributed by atoms with van der Waals surface area (Å²) in [5, 5.41) is 1.28.